The number of nitrogens with zero attached hydrogens (tertiary/aromatic N) is 3. The number of nitrogens with two attached hydrogens (primary N) is 1. The molecule has 140 valence electrons. The van der Waals surface area contributed by atoms with Crippen LogP contribution >= 0.6 is 27.7 Å². The van der Waals surface area contributed by atoms with Crippen LogP contribution in [0.4, 0.5) is 0 Å². The van der Waals surface area contributed by atoms with Crippen molar-refractivity contribution >= 4 is 38.8 Å². The molecule has 3 rings (SSSR count). The number of hydrogen-bond donors (Lipinski definition) is 1. The van der Waals surface area contributed by atoms with Crippen molar-refractivity contribution in [3.8, 4) is 11.8 Å². The number of halogens is 1. The SMILES string of the molecule is CCOC(=O)C1=C(C)N=C2SC(C#N)=C(N)N2[C@H]1c1cc(Br)ccc1OC. The van der Waals surface area contributed by atoms with Crippen LogP contribution in [-0.2, 0) is 9.53 Å². The number of fused-ring (bicyclic) bond motifs is 1. The molecule has 2 aliphatic heterocycles. The summed E-state index contributed by atoms with van der Waals surface area (Å²) in [5, 5.41) is 9.93. The zero-order valence-electron chi connectivity index (χ0n) is 14.9. The Labute approximate surface area is 169 Å². The van der Waals surface area contributed by atoms with Gasteiger partial charge in [0.05, 0.1) is 25.0 Å². The number of hydrogen-bond acceptors (Lipinski definition) is 8. The number of nitriles is 1. The van der Waals surface area contributed by atoms with Gasteiger partial charge >= 0.3 is 5.97 Å². The molecule has 1 aromatic carbocycles. The maximum atomic E-state index is 12.8. The van der Waals surface area contributed by atoms with E-state index in [1.807, 2.05) is 12.1 Å². The second kappa shape index (κ2) is 7.66. The minimum absolute atomic E-state index is 0.234. The molecule has 0 saturated heterocycles. The summed E-state index contributed by atoms with van der Waals surface area (Å²) < 4.78 is 11.6. The molecule has 0 aromatic heterocycles. The predicted octanol–water partition coefficient (Wildman–Crippen LogP) is 3.41. The van der Waals surface area contributed by atoms with Crippen molar-refractivity contribution in [2.24, 2.45) is 10.7 Å². The lowest BCUT2D eigenvalue weighted by Crippen LogP contribution is -2.39. The summed E-state index contributed by atoms with van der Waals surface area (Å²) in [4.78, 5) is 19.3. The van der Waals surface area contributed by atoms with E-state index in [0.29, 0.717) is 32.7 Å². The molecule has 27 heavy (non-hydrogen) atoms. The summed E-state index contributed by atoms with van der Waals surface area (Å²) in [6.07, 6.45) is 0. The highest BCUT2D eigenvalue weighted by molar-refractivity contribution is 9.10. The summed E-state index contributed by atoms with van der Waals surface area (Å²) >= 11 is 4.65. The van der Waals surface area contributed by atoms with Gasteiger partial charge in [0, 0.05) is 10.0 Å². The number of rotatable bonds is 4. The Balaban J connectivity index is 2.26. The number of ether oxygens (including phenoxy) is 2. The molecular weight excluding hydrogens is 432 g/mol. The van der Waals surface area contributed by atoms with Crippen LogP contribution in [0, 0.1) is 11.3 Å². The second-order valence-electron chi connectivity index (χ2n) is 5.70. The molecule has 0 amide bonds. The van der Waals surface area contributed by atoms with Gasteiger partial charge in [0.1, 0.15) is 28.6 Å². The fraction of sp³-hybridized carbons (Fsp3) is 0.278. The van der Waals surface area contributed by atoms with Crippen molar-refractivity contribution in [1.29, 1.82) is 5.26 Å². The van der Waals surface area contributed by atoms with Gasteiger partial charge in [-0.3, -0.25) is 4.90 Å². The van der Waals surface area contributed by atoms with Crippen molar-refractivity contribution in [2.45, 2.75) is 19.9 Å². The number of carbonyl (C=O) groups excluding carboxylic acids is 1. The molecule has 0 spiro atoms. The molecule has 7 nitrogen and oxygen atoms in total. The standard InChI is InChI=1S/C18H17BrN4O3S/c1-4-26-17(24)14-9(2)22-18-23(16(21)13(8-20)27-18)15(14)11-7-10(19)5-6-12(11)25-3/h5-7,15H,4,21H2,1-3H3/t15-/m0/s1. The van der Waals surface area contributed by atoms with Crippen LogP contribution in [0.25, 0.3) is 0 Å². The number of amidine groups is 1. The normalized spacial score (nSPS) is 18.9. The Hall–Kier alpha value is -2.44. The molecule has 9 heteroatoms. The molecule has 0 unspecified atom stereocenters. The monoisotopic (exact) mass is 448 g/mol. The van der Waals surface area contributed by atoms with E-state index in [2.05, 4.69) is 27.0 Å². The van der Waals surface area contributed by atoms with Crippen molar-refractivity contribution in [2.75, 3.05) is 13.7 Å². The van der Waals surface area contributed by atoms with E-state index < -0.39 is 12.0 Å². The first kappa shape index (κ1) is 19.3. The van der Waals surface area contributed by atoms with Crippen LogP contribution < -0.4 is 10.5 Å². The molecule has 0 fully saturated rings. The zero-order valence-corrected chi connectivity index (χ0v) is 17.3. The van der Waals surface area contributed by atoms with E-state index in [0.717, 1.165) is 4.47 Å². The topological polar surface area (TPSA) is 101 Å². The van der Waals surface area contributed by atoms with E-state index >= 15 is 0 Å². The average Bonchev–Trinajstić information content (AvgIpc) is 2.96. The Morgan fingerprint density at radius 2 is 2.26 bits per heavy atom. The Morgan fingerprint density at radius 3 is 2.89 bits per heavy atom. The number of esters is 1. The van der Waals surface area contributed by atoms with Gasteiger partial charge in [-0.25, -0.2) is 9.79 Å². The summed E-state index contributed by atoms with van der Waals surface area (Å²) in [6.45, 7) is 3.72. The second-order valence-corrected chi connectivity index (χ2v) is 7.59. The van der Waals surface area contributed by atoms with Crippen LogP contribution in [0.3, 0.4) is 0 Å². The van der Waals surface area contributed by atoms with Crippen LogP contribution in [0.5, 0.6) is 5.75 Å². The largest absolute Gasteiger partial charge is 0.496 e. The highest BCUT2D eigenvalue weighted by atomic mass is 79.9. The van der Waals surface area contributed by atoms with E-state index in [1.165, 1.54) is 11.8 Å². The lowest BCUT2D eigenvalue weighted by atomic mass is 9.93. The van der Waals surface area contributed by atoms with Crippen molar-refractivity contribution < 1.29 is 14.3 Å². The van der Waals surface area contributed by atoms with Crippen molar-refractivity contribution in [1.82, 2.24) is 4.90 Å². The molecule has 2 N–H and O–H groups in total. The van der Waals surface area contributed by atoms with E-state index in [9.17, 15) is 10.1 Å². The predicted molar refractivity (Wildman–Crippen MR) is 106 cm³/mol. The third-order valence-corrected chi connectivity index (χ3v) is 5.63. The number of methoxy groups -OCH3 is 1. The Morgan fingerprint density at radius 1 is 1.52 bits per heavy atom. The number of benzene rings is 1. The molecule has 0 radical (unpaired) electrons. The summed E-state index contributed by atoms with van der Waals surface area (Å²) in [6, 6.07) is 6.98. The van der Waals surface area contributed by atoms with Gasteiger partial charge in [0.25, 0.3) is 0 Å². The molecule has 1 aromatic rings. The average molecular weight is 449 g/mol. The first-order chi connectivity index (χ1) is 12.9. The van der Waals surface area contributed by atoms with Gasteiger partial charge < -0.3 is 15.2 Å². The minimum Gasteiger partial charge on any atom is -0.496 e. The van der Waals surface area contributed by atoms with Crippen LogP contribution in [-0.4, -0.2) is 29.8 Å². The first-order valence-electron chi connectivity index (χ1n) is 8.09. The first-order valence-corrected chi connectivity index (χ1v) is 9.70. The van der Waals surface area contributed by atoms with E-state index in [-0.39, 0.29) is 12.4 Å². The third kappa shape index (κ3) is 3.31. The van der Waals surface area contributed by atoms with Gasteiger partial charge in [0.2, 0.25) is 0 Å². The smallest absolute Gasteiger partial charge is 0.338 e. The maximum Gasteiger partial charge on any atom is 0.338 e. The third-order valence-electron chi connectivity index (χ3n) is 4.16. The quantitative estimate of drug-likeness (QED) is 0.703. The van der Waals surface area contributed by atoms with Crippen molar-refractivity contribution in [3.05, 3.63) is 50.2 Å². The van der Waals surface area contributed by atoms with Gasteiger partial charge in [-0.2, -0.15) is 5.26 Å². The number of aliphatic imine (C=N–C) groups is 1. The zero-order chi connectivity index (χ0) is 19.7. The Kier molecular flexibility index (Phi) is 5.48. The van der Waals surface area contributed by atoms with Crippen LogP contribution in [0.1, 0.15) is 25.5 Å². The fourth-order valence-electron chi connectivity index (χ4n) is 3.02. The van der Waals surface area contributed by atoms with Gasteiger partial charge in [-0.15, -0.1) is 0 Å². The molecule has 1 atom stereocenters. The number of carbonyl (C=O) groups is 1. The fourth-order valence-corrected chi connectivity index (χ4v) is 4.32. The van der Waals surface area contributed by atoms with Crippen LogP contribution in [0.2, 0.25) is 0 Å². The van der Waals surface area contributed by atoms with E-state index in [4.69, 9.17) is 15.2 Å². The summed E-state index contributed by atoms with van der Waals surface area (Å²) in [7, 11) is 1.56. The molecule has 0 saturated carbocycles. The summed E-state index contributed by atoms with van der Waals surface area (Å²) in [5.41, 5.74) is 7.83. The van der Waals surface area contributed by atoms with Gasteiger partial charge in [0.15, 0.2) is 5.17 Å². The van der Waals surface area contributed by atoms with Crippen LogP contribution in [0.15, 0.2) is 49.7 Å². The highest BCUT2D eigenvalue weighted by Gasteiger charge is 2.43. The summed E-state index contributed by atoms with van der Waals surface area (Å²) in [5.74, 6) is 0.359. The number of thioether (sulfide) groups is 1. The van der Waals surface area contributed by atoms with Gasteiger partial charge in [-0.05, 0) is 43.8 Å². The lowest BCUT2D eigenvalue weighted by molar-refractivity contribution is -0.139. The highest BCUT2D eigenvalue weighted by Crippen LogP contribution is 2.47. The molecule has 2 aliphatic rings. The Bertz CT molecular complexity index is 948. The van der Waals surface area contributed by atoms with Gasteiger partial charge in [-0.1, -0.05) is 15.9 Å². The lowest BCUT2D eigenvalue weighted by Gasteiger charge is -2.35. The molecule has 0 aliphatic carbocycles. The molecular formula is C18H17BrN4O3S. The minimum atomic E-state index is -0.623. The molecule has 2 heterocycles. The number of allylic oxidation sites excluding steroid dienone is 2. The van der Waals surface area contributed by atoms with Crippen molar-refractivity contribution in [3.63, 3.8) is 0 Å². The molecule has 0 bridgehead atoms. The van der Waals surface area contributed by atoms with E-state index in [1.54, 1.807) is 31.9 Å². The maximum absolute atomic E-state index is 12.8.